The van der Waals surface area contributed by atoms with E-state index in [0.717, 1.165) is 38.9 Å². The second-order valence-electron chi connectivity index (χ2n) is 5.51. The standard InChI is InChI=1S/C14H25NO3/c1-4-15-9-11-7-6-8-14(10-15,12(11)17-3)13(16)18-5-2/h11-12H,4-10H2,1-3H3/t11-,12+,14-/m1/s1. The highest BCUT2D eigenvalue weighted by Gasteiger charge is 2.56. The third-order valence-corrected chi connectivity index (χ3v) is 4.55. The van der Waals surface area contributed by atoms with Gasteiger partial charge in [-0.1, -0.05) is 13.3 Å². The fourth-order valence-corrected chi connectivity index (χ4v) is 3.79. The summed E-state index contributed by atoms with van der Waals surface area (Å²) in [6, 6.07) is 0. The molecule has 0 radical (unpaired) electrons. The molecule has 2 fully saturated rings. The Labute approximate surface area is 110 Å². The molecular weight excluding hydrogens is 230 g/mol. The van der Waals surface area contributed by atoms with Crippen LogP contribution in [0.1, 0.15) is 33.1 Å². The summed E-state index contributed by atoms with van der Waals surface area (Å²) in [4.78, 5) is 14.8. The van der Waals surface area contributed by atoms with Crippen molar-refractivity contribution in [1.29, 1.82) is 0 Å². The van der Waals surface area contributed by atoms with E-state index in [1.807, 2.05) is 6.92 Å². The van der Waals surface area contributed by atoms with Crippen molar-refractivity contribution in [3.05, 3.63) is 0 Å². The van der Waals surface area contributed by atoms with E-state index in [1.54, 1.807) is 7.11 Å². The molecule has 2 aliphatic rings. The Morgan fingerprint density at radius 2 is 2.22 bits per heavy atom. The molecule has 0 N–H and O–H groups in total. The number of piperidine rings is 1. The lowest BCUT2D eigenvalue weighted by molar-refractivity contribution is -0.186. The average molecular weight is 255 g/mol. The number of hydrogen-bond acceptors (Lipinski definition) is 4. The molecule has 0 unspecified atom stereocenters. The zero-order chi connectivity index (χ0) is 13.2. The molecule has 2 bridgehead atoms. The number of ether oxygens (including phenoxy) is 2. The van der Waals surface area contributed by atoms with Gasteiger partial charge in [0.1, 0.15) is 5.41 Å². The Morgan fingerprint density at radius 3 is 2.83 bits per heavy atom. The van der Waals surface area contributed by atoms with E-state index in [2.05, 4.69) is 11.8 Å². The zero-order valence-electron chi connectivity index (χ0n) is 11.8. The molecule has 0 aromatic heterocycles. The molecule has 1 heterocycles. The molecule has 1 aliphatic heterocycles. The minimum Gasteiger partial charge on any atom is -0.465 e. The van der Waals surface area contributed by atoms with Crippen LogP contribution in [0.5, 0.6) is 0 Å². The van der Waals surface area contributed by atoms with Crippen LogP contribution in [-0.2, 0) is 14.3 Å². The van der Waals surface area contributed by atoms with Crippen molar-refractivity contribution in [3.63, 3.8) is 0 Å². The number of nitrogens with zero attached hydrogens (tertiary/aromatic N) is 1. The third-order valence-electron chi connectivity index (χ3n) is 4.55. The molecule has 4 heteroatoms. The van der Waals surface area contributed by atoms with Crippen LogP contribution in [0.15, 0.2) is 0 Å². The largest absolute Gasteiger partial charge is 0.465 e. The number of rotatable bonds is 4. The van der Waals surface area contributed by atoms with Gasteiger partial charge in [0.2, 0.25) is 0 Å². The lowest BCUT2D eigenvalue weighted by atomic mass is 9.64. The Hall–Kier alpha value is -0.610. The van der Waals surface area contributed by atoms with Gasteiger partial charge >= 0.3 is 5.97 Å². The summed E-state index contributed by atoms with van der Waals surface area (Å²) in [5.74, 6) is 0.418. The van der Waals surface area contributed by atoms with E-state index < -0.39 is 5.41 Å². The van der Waals surface area contributed by atoms with Crippen LogP contribution in [0, 0.1) is 11.3 Å². The monoisotopic (exact) mass is 255 g/mol. The van der Waals surface area contributed by atoms with Gasteiger partial charge in [-0.15, -0.1) is 0 Å². The summed E-state index contributed by atoms with van der Waals surface area (Å²) in [5.41, 5.74) is -0.429. The third kappa shape index (κ3) is 2.16. The van der Waals surface area contributed by atoms with Crippen molar-refractivity contribution in [2.75, 3.05) is 33.4 Å². The molecule has 1 saturated carbocycles. The van der Waals surface area contributed by atoms with Crippen LogP contribution in [0.3, 0.4) is 0 Å². The topological polar surface area (TPSA) is 38.8 Å². The van der Waals surface area contributed by atoms with Gasteiger partial charge in [0.25, 0.3) is 0 Å². The molecule has 0 amide bonds. The summed E-state index contributed by atoms with van der Waals surface area (Å²) in [7, 11) is 1.73. The molecular formula is C14H25NO3. The van der Waals surface area contributed by atoms with Gasteiger partial charge in [-0.25, -0.2) is 0 Å². The highest BCUT2D eigenvalue weighted by molar-refractivity contribution is 5.78. The number of hydrogen-bond donors (Lipinski definition) is 0. The molecule has 104 valence electrons. The number of fused-ring (bicyclic) bond motifs is 2. The molecule has 18 heavy (non-hydrogen) atoms. The van der Waals surface area contributed by atoms with E-state index in [-0.39, 0.29) is 12.1 Å². The highest BCUT2D eigenvalue weighted by Crippen LogP contribution is 2.46. The van der Waals surface area contributed by atoms with Crippen molar-refractivity contribution >= 4 is 5.97 Å². The first-order valence-corrected chi connectivity index (χ1v) is 7.10. The number of carbonyl (C=O) groups is 1. The second kappa shape index (κ2) is 5.57. The van der Waals surface area contributed by atoms with Crippen molar-refractivity contribution in [3.8, 4) is 0 Å². The fraction of sp³-hybridized carbons (Fsp3) is 0.929. The Kier molecular flexibility index (Phi) is 4.28. The predicted octanol–water partition coefficient (Wildman–Crippen LogP) is 1.69. The van der Waals surface area contributed by atoms with Gasteiger partial charge in [0.05, 0.1) is 12.7 Å². The molecule has 2 rings (SSSR count). The number of methoxy groups -OCH3 is 1. The minimum absolute atomic E-state index is 0.0353. The first kappa shape index (κ1) is 13.8. The van der Waals surface area contributed by atoms with Gasteiger partial charge in [0.15, 0.2) is 0 Å². The Balaban J connectivity index is 2.27. The van der Waals surface area contributed by atoms with E-state index in [9.17, 15) is 4.79 Å². The van der Waals surface area contributed by atoms with Gasteiger partial charge in [-0.3, -0.25) is 4.79 Å². The molecule has 3 atom stereocenters. The van der Waals surface area contributed by atoms with Crippen molar-refractivity contribution in [1.82, 2.24) is 4.90 Å². The van der Waals surface area contributed by atoms with Crippen LogP contribution in [-0.4, -0.2) is 50.3 Å². The maximum Gasteiger partial charge on any atom is 0.316 e. The van der Waals surface area contributed by atoms with E-state index in [1.165, 1.54) is 0 Å². The Bertz CT molecular complexity index is 307. The molecule has 4 nitrogen and oxygen atoms in total. The van der Waals surface area contributed by atoms with Crippen molar-refractivity contribution < 1.29 is 14.3 Å². The summed E-state index contributed by atoms with van der Waals surface area (Å²) in [5, 5.41) is 0. The van der Waals surface area contributed by atoms with E-state index in [0.29, 0.717) is 12.5 Å². The minimum atomic E-state index is -0.429. The number of likely N-dealkylation sites (tertiary alicyclic amines) is 1. The summed E-state index contributed by atoms with van der Waals surface area (Å²) >= 11 is 0. The smallest absolute Gasteiger partial charge is 0.316 e. The predicted molar refractivity (Wildman–Crippen MR) is 69.3 cm³/mol. The molecule has 1 saturated heterocycles. The van der Waals surface area contributed by atoms with Gasteiger partial charge in [0, 0.05) is 20.2 Å². The molecule has 0 spiro atoms. The lowest BCUT2D eigenvalue weighted by Gasteiger charge is -2.52. The summed E-state index contributed by atoms with van der Waals surface area (Å²) in [6.45, 7) is 7.31. The first-order chi connectivity index (χ1) is 8.67. The molecule has 1 aliphatic carbocycles. The lowest BCUT2D eigenvalue weighted by Crippen LogP contribution is -2.62. The summed E-state index contributed by atoms with van der Waals surface area (Å²) in [6.07, 6.45) is 3.21. The van der Waals surface area contributed by atoms with E-state index >= 15 is 0 Å². The first-order valence-electron chi connectivity index (χ1n) is 7.10. The van der Waals surface area contributed by atoms with Crippen LogP contribution < -0.4 is 0 Å². The zero-order valence-corrected chi connectivity index (χ0v) is 11.8. The van der Waals surface area contributed by atoms with Gasteiger partial charge in [-0.05, 0) is 32.2 Å². The average Bonchev–Trinajstić information content (AvgIpc) is 2.37. The van der Waals surface area contributed by atoms with Crippen LogP contribution in [0.4, 0.5) is 0 Å². The number of carbonyl (C=O) groups excluding carboxylic acids is 1. The summed E-state index contributed by atoms with van der Waals surface area (Å²) < 4.78 is 11.0. The quantitative estimate of drug-likeness (QED) is 0.717. The molecule has 0 aromatic carbocycles. The van der Waals surface area contributed by atoms with Gasteiger partial charge < -0.3 is 14.4 Å². The highest BCUT2D eigenvalue weighted by atomic mass is 16.5. The van der Waals surface area contributed by atoms with Gasteiger partial charge in [-0.2, -0.15) is 0 Å². The van der Waals surface area contributed by atoms with Crippen LogP contribution in [0.25, 0.3) is 0 Å². The van der Waals surface area contributed by atoms with Crippen molar-refractivity contribution in [2.24, 2.45) is 11.3 Å². The SMILES string of the molecule is CCOC(=O)[C@]12CCC[C@H](CN(CC)C1)[C@@H]2OC. The van der Waals surface area contributed by atoms with Crippen LogP contribution >= 0.6 is 0 Å². The maximum atomic E-state index is 12.4. The van der Waals surface area contributed by atoms with Crippen molar-refractivity contribution in [2.45, 2.75) is 39.2 Å². The second-order valence-corrected chi connectivity index (χ2v) is 5.51. The fourth-order valence-electron chi connectivity index (χ4n) is 3.79. The normalized spacial score (nSPS) is 36.4. The van der Waals surface area contributed by atoms with Crippen LogP contribution in [0.2, 0.25) is 0 Å². The molecule has 0 aromatic rings. The number of esters is 1. The van der Waals surface area contributed by atoms with E-state index in [4.69, 9.17) is 9.47 Å². The maximum absolute atomic E-state index is 12.4. The Morgan fingerprint density at radius 1 is 1.44 bits per heavy atom.